The number of allylic oxidation sites excluding steroid dienone is 2. The molecule has 2 unspecified atom stereocenters. The van der Waals surface area contributed by atoms with Gasteiger partial charge >= 0.3 is 0 Å². The predicted molar refractivity (Wildman–Crippen MR) is 196 cm³/mol. The first-order valence-corrected chi connectivity index (χ1v) is 21.1. The van der Waals surface area contributed by atoms with Crippen molar-refractivity contribution >= 4 is 117 Å². The highest BCUT2D eigenvalue weighted by molar-refractivity contribution is 8.11. The highest BCUT2D eigenvalue weighted by Crippen LogP contribution is 2.50. The molecule has 8 heterocycles. The van der Waals surface area contributed by atoms with Crippen LogP contribution in [0.4, 0.5) is 0 Å². The summed E-state index contributed by atoms with van der Waals surface area (Å²) in [7, 11) is 0. The number of thioether (sulfide) groups is 3. The minimum absolute atomic E-state index is 0.621. The van der Waals surface area contributed by atoms with E-state index < -0.39 is 0 Å². The second-order valence-electron chi connectivity index (χ2n) is 10.5. The molecule has 0 radical (unpaired) electrons. The van der Waals surface area contributed by atoms with Crippen LogP contribution in [0.3, 0.4) is 0 Å². The van der Waals surface area contributed by atoms with Crippen LogP contribution in [-0.4, -0.2) is 26.7 Å². The molecule has 2 atom stereocenters. The van der Waals surface area contributed by atoms with Crippen molar-refractivity contribution in [2.75, 3.05) is 11.5 Å². The van der Waals surface area contributed by atoms with Gasteiger partial charge in [-0.25, -0.2) is 9.97 Å². The number of hydrogen-bond donors (Lipinski definition) is 0. The van der Waals surface area contributed by atoms with Crippen LogP contribution in [0.15, 0.2) is 65.6 Å². The molecule has 0 bridgehead atoms. The molecule has 3 aliphatic heterocycles. The Balaban J connectivity index is 0.949. The summed E-state index contributed by atoms with van der Waals surface area (Å²) in [4.78, 5) is 21.3. The van der Waals surface area contributed by atoms with E-state index in [1.54, 1.807) is 27.6 Å². The van der Waals surface area contributed by atoms with Crippen molar-refractivity contribution in [2.24, 2.45) is 0 Å². The zero-order valence-corrected chi connectivity index (χ0v) is 28.9. The highest BCUT2D eigenvalue weighted by Gasteiger charge is 2.26. The molecular weight excluding hydrogens is 669 g/mol. The van der Waals surface area contributed by atoms with Crippen molar-refractivity contribution in [1.82, 2.24) is 9.97 Å². The fourth-order valence-electron chi connectivity index (χ4n) is 5.65. The average molecular weight is 693 g/mol. The summed E-state index contributed by atoms with van der Waals surface area (Å²) in [6, 6.07) is 18.2. The smallest absolute Gasteiger partial charge is 0.134 e. The number of benzene rings is 1. The average Bonchev–Trinajstić information content (AvgIpc) is 3.84. The maximum Gasteiger partial charge on any atom is 0.134 e. The first kappa shape index (κ1) is 27.0. The summed E-state index contributed by atoms with van der Waals surface area (Å²) in [5.41, 5.74) is 2.16. The lowest BCUT2D eigenvalue weighted by atomic mass is 10.2. The zero-order chi connectivity index (χ0) is 27.6. The third-order valence-electron chi connectivity index (χ3n) is 7.73. The molecule has 1 saturated heterocycles. The molecule has 0 N–H and O–H groups in total. The Bertz CT molecular complexity index is 1960. The van der Waals surface area contributed by atoms with Gasteiger partial charge in [0.2, 0.25) is 0 Å². The maximum atomic E-state index is 5.08. The number of hydrogen-bond acceptors (Lipinski definition) is 10. The summed E-state index contributed by atoms with van der Waals surface area (Å²) in [5.74, 6) is 2.56. The molecule has 0 amide bonds. The summed E-state index contributed by atoms with van der Waals surface area (Å²) >= 11 is 15.5. The van der Waals surface area contributed by atoms with Crippen LogP contribution in [0.2, 0.25) is 0 Å². The fraction of sp³-hybridized carbons (Fsp3) is 0.250. The van der Waals surface area contributed by atoms with Gasteiger partial charge in [0.15, 0.2) is 0 Å². The van der Waals surface area contributed by atoms with Gasteiger partial charge in [0.25, 0.3) is 0 Å². The number of thiophene rings is 3. The van der Waals surface area contributed by atoms with E-state index in [4.69, 9.17) is 9.97 Å². The van der Waals surface area contributed by atoms with E-state index in [1.165, 1.54) is 74.3 Å². The zero-order valence-electron chi connectivity index (χ0n) is 22.3. The fourth-order valence-corrected chi connectivity index (χ4v) is 15.0. The molecule has 1 aromatic carbocycles. The molecule has 0 spiro atoms. The van der Waals surface area contributed by atoms with E-state index in [9.17, 15) is 0 Å². The van der Waals surface area contributed by atoms with E-state index >= 15 is 0 Å². The van der Waals surface area contributed by atoms with E-state index in [0.29, 0.717) is 10.5 Å². The van der Waals surface area contributed by atoms with Crippen molar-refractivity contribution in [1.29, 1.82) is 0 Å². The van der Waals surface area contributed by atoms with E-state index in [1.807, 2.05) is 57.5 Å². The van der Waals surface area contributed by atoms with E-state index in [2.05, 4.69) is 72.4 Å². The molecule has 42 heavy (non-hydrogen) atoms. The summed E-state index contributed by atoms with van der Waals surface area (Å²) < 4.78 is 2.43. The Kier molecular flexibility index (Phi) is 7.20. The predicted octanol–water partition coefficient (Wildman–Crippen LogP) is 12.5. The summed E-state index contributed by atoms with van der Waals surface area (Å²) in [6.45, 7) is 0. The van der Waals surface area contributed by atoms with Crippen LogP contribution in [-0.2, 0) is 0 Å². The van der Waals surface area contributed by atoms with Gasteiger partial charge in [-0.3, -0.25) is 0 Å². The molecule has 210 valence electrons. The Morgan fingerprint density at radius 1 is 0.643 bits per heavy atom. The lowest BCUT2D eigenvalue weighted by Gasteiger charge is -2.09. The molecule has 6 aromatic rings. The van der Waals surface area contributed by atoms with Gasteiger partial charge in [-0.1, -0.05) is 12.2 Å². The van der Waals surface area contributed by atoms with E-state index in [-0.39, 0.29) is 0 Å². The Morgan fingerprint density at radius 2 is 1.33 bits per heavy atom. The van der Waals surface area contributed by atoms with Gasteiger partial charge in [0.05, 0.1) is 30.2 Å². The number of thiazole rings is 2. The first-order valence-electron chi connectivity index (χ1n) is 14.1. The molecule has 9 rings (SSSR count). The number of fused-ring (bicyclic) bond motifs is 2. The largest absolute Gasteiger partial charge is 0.235 e. The molecule has 0 aliphatic carbocycles. The topological polar surface area (TPSA) is 25.8 Å². The van der Waals surface area contributed by atoms with Crippen LogP contribution in [0.1, 0.15) is 40.7 Å². The standard InChI is InChI=1S/C32H24N2S8/c1-3-19(35-13-1)21-5-7-23(37-21)25-9-11-27(39-25)31-33-17-15-30-18(16-29(17)41-31)34-32(42-30)28-12-10-26(40-28)24-8-6-22(38-24)20-4-2-14-36-20/h3,6-12,15-16,20-21H,1-2,4-5,13-14H2. The molecule has 2 nitrogen and oxygen atoms in total. The third kappa shape index (κ3) is 5.00. The number of nitrogens with zero attached hydrogens (tertiary/aromatic N) is 2. The van der Waals surface area contributed by atoms with Crippen LogP contribution in [0.5, 0.6) is 0 Å². The monoisotopic (exact) mass is 692 g/mol. The minimum Gasteiger partial charge on any atom is -0.235 e. The lowest BCUT2D eigenvalue weighted by molar-refractivity contribution is 0.840. The van der Waals surface area contributed by atoms with Crippen molar-refractivity contribution < 1.29 is 0 Å². The lowest BCUT2D eigenvalue weighted by Crippen LogP contribution is -1.96. The second kappa shape index (κ2) is 11.2. The summed E-state index contributed by atoms with van der Waals surface area (Å²) in [6.07, 6.45) is 9.93. The Labute approximate surface area is 277 Å². The van der Waals surface area contributed by atoms with Gasteiger partial charge < -0.3 is 0 Å². The molecule has 3 aliphatic rings. The SMILES string of the molecule is C1=C(c2ccc(-c3nc4cc5sc(-c6ccc(-c7ccc(C8CCCS8)s7)s6)nc5cc4s3)s2)SC(C2=CCCS2)C1. The maximum absolute atomic E-state index is 5.08. The van der Waals surface area contributed by atoms with Crippen molar-refractivity contribution in [3.63, 3.8) is 0 Å². The molecular formula is C32H24N2S8. The van der Waals surface area contributed by atoms with Crippen LogP contribution in [0.25, 0.3) is 54.9 Å². The minimum atomic E-state index is 0.621. The first-order chi connectivity index (χ1) is 20.7. The van der Waals surface area contributed by atoms with Gasteiger partial charge in [0.1, 0.15) is 10.0 Å². The summed E-state index contributed by atoms with van der Waals surface area (Å²) in [5, 5.41) is 3.54. The number of aromatic nitrogens is 2. The van der Waals surface area contributed by atoms with Crippen LogP contribution < -0.4 is 0 Å². The van der Waals surface area contributed by atoms with Gasteiger partial charge in [0, 0.05) is 40.7 Å². The molecule has 0 saturated carbocycles. The number of rotatable bonds is 6. The van der Waals surface area contributed by atoms with Gasteiger partial charge in [-0.05, 0) is 84.9 Å². The van der Waals surface area contributed by atoms with Gasteiger partial charge in [-0.2, -0.15) is 11.8 Å². The van der Waals surface area contributed by atoms with E-state index in [0.717, 1.165) is 27.5 Å². The van der Waals surface area contributed by atoms with Crippen molar-refractivity contribution in [2.45, 2.75) is 36.2 Å². The Hall–Kier alpha value is -1.37. The quantitative estimate of drug-likeness (QED) is 0.173. The van der Waals surface area contributed by atoms with Gasteiger partial charge in [-0.15, -0.1) is 80.2 Å². The van der Waals surface area contributed by atoms with Crippen molar-refractivity contribution in [3.8, 4) is 29.5 Å². The molecule has 10 heteroatoms. The molecule has 5 aromatic heterocycles. The Morgan fingerprint density at radius 3 is 2.05 bits per heavy atom. The normalized spacial score (nSPS) is 20.8. The van der Waals surface area contributed by atoms with Crippen LogP contribution in [0, 0.1) is 0 Å². The van der Waals surface area contributed by atoms with Crippen molar-refractivity contribution in [3.05, 3.63) is 75.3 Å². The van der Waals surface area contributed by atoms with Crippen LogP contribution >= 0.6 is 92.0 Å². The third-order valence-corrected chi connectivity index (χ3v) is 18.1. The second-order valence-corrected chi connectivity index (χ2v) is 19.6. The molecule has 1 fully saturated rings. The highest BCUT2D eigenvalue weighted by atomic mass is 32.2.